The van der Waals surface area contributed by atoms with Gasteiger partial charge in [-0.15, -0.1) is 0 Å². The van der Waals surface area contributed by atoms with E-state index in [9.17, 15) is 24.4 Å². The Morgan fingerprint density at radius 2 is 1.26 bits per heavy atom. The largest absolute Gasteiger partial charge is 0.417 e. The van der Waals surface area contributed by atoms with Crippen molar-refractivity contribution in [3.63, 3.8) is 0 Å². The molecule has 2 saturated carbocycles. The van der Waals surface area contributed by atoms with Crippen molar-refractivity contribution in [2.45, 2.75) is 69.9 Å². The van der Waals surface area contributed by atoms with Gasteiger partial charge in [-0.25, -0.2) is 9.59 Å². The molecule has 2 aliphatic rings. The molecule has 2 amide bonds. The molecule has 0 atom stereocenters. The number of aromatic amines is 2. The van der Waals surface area contributed by atoms with E-state index < -0.39 is 17.4 Å². The fraction of sp³-hybridized carbons (Fsp3) is 0.382. The van der Waals surface area contributed by atoms with Crippen molar-refractivity contribution in [3.8, 4) is 6.07 Å². The summed E-state index contributed by atoms with van der Waals surface area (Å²) in [7, 11) is 0. The van der Waals surface area contributed by atoms with Crippen molar-refractivity contribution in [2.75, 3.05) is 0 Å². The number of nitriles is 1. The molecule has 0 bridgehead atoms. The zero-order valence-electron chi connectivity index (χ0n) is 25.3. The van der Waals surface area contributed by atoms with Crippen LogP contribution in [0.15, 0.2) is 66.1 Å². The lowest BCUT2D eigenvalue weighted by atomic mass is 9.75. The van der Waals surface area contributed by atoms with Gasteiger partial charge in [0, 0.05) is 12.1 Å². The second-order valence-corrected chi connectivity index (χ2v) is 12.4. The van der Waals surface area contributed by atoms with Crippen LogP contribution in [0.4, 0.5) is 0 Å². The summed E-state index contributed by atoms with van der Waals surface area (Å²) < 4.78 is 10.0. The average molecular weight is 625 g/mol. The number of rotatable bonds is 8. The van der Waals surface area contributed by atoms with Crippen molar-refractivity contribution >= 4 is 46.2 Å². The van der Waals surface area contributed by atoms with Gasteiger partial charge in [-0.3, -0.25) is 19.6 Å². The second-order valence-electron chi connectivity index (χ2n) is 12.4. The van der Waals surface area contributed by atoms with Crippen molar-refractivity contribution in [1.29, 1.82) is 5.26 Å². The van der Waals surface area contributed by atoms with Crippen LogP contribution < -0.4 is 27.9 Å². The monoisotopic (exact) mass is 624 g/mol. The van der Waals surface area contributed by atoms with E-state index in [-0.39, 0.29) is 29.3 Å². The fourth-order valence-electron chi connectivity index (χ4n) is 6.77. The lowest BCUT2D eigenvalue weighted by Gasteiger charge is -2.34. The highest BCUT2D eigenvalue weighted by molar-refractivity contribution is 6.02. The Labute approximate surface area is 263 Å². The molecule has 6 N–H and O–H groups in total. The molecule has 4 aromatic rings. The van der Waals surface area contributed by atoms with Crippen LogP contribution in [0.5, 0.6) is 0 Å². The van der Waals surface area contributed by atoms with Crippen LogP contribution in [0, 0.1) is 23.2 Å². The summed E-state index contributed by atoms with van der Waals surface area (Å²) in [6.45, 7) is 0. The molecule has 0 radical (unpaired) electrons. The maximum absolute atomic E-state index is 12.9. The molecule has 0 spiro atoms. The van der Waals surface area contributed by atoms with E-state index in [4.69, 9.17) is 14.6 Å². The minimum Gasteiger partial charge on any atom is -0.408 e. The smallest absolute Gasteiger partial charge is 0.408 e. The molecule has 0 aliphatic heterocycles. The van der Waals surface area contributed by atoms with Gasteiger partial charge in [0.25, 0.3) is 11.8 Å². The molecule has 0 saturated heterocycles. The van der Waals surface area contributed by atoms with Crippen LogP contribution in [-0.2, 0) is 9.59 Å². The van der Waals surface area contributed by atoms with Gasteiger partial charge in [0.1, 0.15) is 11.6 Å². The third kappa shape index (κ3) is 7.31. The number of hydrogen-bond acceptors (Lipinski definition) is 8. The molecule has 12 heteroatoms. The van der Waals surface area contributed by atoms with Gasteiger partial charge in [0.15, 0.2) is 11.2 Å². The van der Waals surface area contributed by atoms with Gasteiger partial charge < -0.3 is 25.2 Å². The number of aromatic nitrogens is 2. The number of nitrogens with one attached hydrogen (secondary N) is 4. The van der Waals surface area contributed by atoms with Crippen molar-refractivity contribution in [1.82, 2.24) is 20.6 Å². The summed E-state index contributed by atoms with van der Waals surface area (Å²) in [5.41, 5.74) is 9.44. The first-order chi connectivity index (χ1) is 22.2. The third-order valence-electron chi connectivity index (χ3n) is 9.18. The normalized spacial score (nSPS) is 22.4. The number of nitrogens with two attached hydrogens (primary N) is 1. The van der Waals surface area contributed by atoms with Gasteiger partial charge in [-0.1, -0.05) is 12.1 Å². The summed E-state index contributed by atoms with van der Waals surface area (Å²) in [6.07, 6.45) is 12.0. The highest BCUT2D eigenvalue weighted by Crippen LogP contribution is 2.35. The number of amides is 2. The highest BCUT2D eigenvalue weighted by Gasteiger charge is 2.28. The molecular formula is C34H36N6O6. The first-order valence-corrected chi connectivity index (χ1v) is 15.7. The number of H-pyrrole nitrogens is 2. The van der Waals surface area contributed by atoms with Gasteiger partial charge >= 0.3 is 11.5 Å². The maximum atomic E-state index is 12.9. The van der Waals surface area contributed by atoms with Gasteiger partial charge in [0.2, 0.25) is 0 Å². The summed E-state index contributed by atoms with van der Waals surface area (Å²) in [6, 6.07) is 12.2. The number of hydrogen-bond donors (Lipinski definition) is 5. The van der Waals surface area contributed by atoms with Crippen LogP contribution in [0.2, 0.25) is 0 Å². The molecule has 2 aliphatic carbocycles. The summed E-state index contributed by atoms with van der Waals surface area (Å²) in [5, 5.41) is 15.7. The lowest BCUT2D eigenvalue weighted by Crippen LogP contribution is -2.40. The maximum Gasteiger partial charge on any atom is 0.417 e. The first kappa shape index (κ1) is 30.7. The quantitative estimate of drug-likeness (QED) is 0.142. The van der Waals surface area contributed by atoms with E-state index in [1.54, 1.807) is 42.5 Å². The van der Waals surface area contributed by atoms with Gasteiger partial charge in [-0.05, 0) is 117 Å². The van der Waals surface area contributed by atoms with Gasteiger partial charge in [0.05, 0.1) is 16.7 Å². The number of carbonyl (C=O) groups is 2. The molecule has 0 unspecified atom stereocenters. The number of fused-ring (bicyclic) bond motifs is 2. The predicted molar refractivity (Wildman–Crippen MR) is 172 cm³/mol. The predicted octanol–water partition coefficient (Wildman–Crippen LogP) is 4.20. The molecule has 2 fully saturated rings. The van der Waals surface area contributed by atoms with Gasteiger partial charge in [-0.2, -0.15) is 5.26 Å². The SMILES string of the molecule is N#C/C(=C\c1ccc2oc(=O)[nH]c2c1)C(=O)NC1CCC(CC2CCC(NC(=O)/C(N)=C/c3ccc4oc(=O)[nH]c4c3)CC2)CC1. The number of nitrogens with zero attached hydrogens (tertiary/aromatic N) is 1. The third-order valence-corrected chi connectivity index (χ3v) is 9.18. The first-order valence-electron chi connectivity index (χ1n) is 15.7. The van der Waals surface area contributed by atoms with Crippen LogP contribution >= 0.6 is 0 Å². The van der Waals surface area contributed by atoms with Crippen LogP contribution in [0.3, 0.4) is 0 Å². The average Bonchev–Trinajstić information content (AvgIpc) is 3.61. The Kier molecular flexibility index (Phi) is 8.92. The zero-order chi connectivity index (χ0) is 32.2. The molecule has 12 nitrogen and oxygen atoms in total. The summed E-state index contributed by atoms with van der Waals surface area (Å²) >= 11 is 0. The minimum absolute atomic E-state index is 0.0155. The number of carbonyl (C=O) groups excluding carboxylic acids is 2. The van der Waals surface area contributed by atoms with E-state index in [1.165, 1.54) is 6.08 Å². The number of benzene rings is 2. The van der Waals surface area contributed by atoms with E-state index >= 15 is 0 Å². The van der Waals surface area contributed by atoms with Crippen LogP contribution in [0.25, 0.3) is 34.4 Å². The molecule has 6 rings (SSSR count). The Hall–Kier alpha value is -5.31. The summed E-state index contributed by atoms with van der Waals surface area (Å²) in [4.78, 5) is 53.6. The van der Waals surface area contributed by atoms with E-state index in [1.807, 2.05) is 6.07 Å². The van der Waals surface area contributed by atoms with Crippen molar-refractivity contribution in [3.05, 3.63) is 79.9 Å². The Morgan fingerprint density at radius 3 is 1.76 bits per heavy atom. The zero-order valence-corrected chi connectivity index (χ0v) is 25.3. The second kappa shape index (κ2) is 13.4. The Morgan fingerprint density at radius 1 is 0.783 bits per heavy atom. The van der Waals surface area contributed by atoms with E-state index in [0.717, 1.165) is 57.8 Å². The molecule has 2 aromatic heterocycles. The molecule has 2 heterocycles. The standard InChI is InChI=1S/C34H36N6O6/c35-18-23(14-21-5-11-29-27(16-21)39-33(43)45-29)31(41)37-24-7-1-19(2-8-24)13-20-3-9-25(10-4-20)38-32(42)26(36)15-22-6-12-30-28(17-22)40-34(44)46-30/h5-6,11-12,14-17,19-20,24-25H,1-4,7-10,13,36H2,(H,37,41)(H,38,42)(H,39,43)(H,40,44)/b23-14+,26-15-. The summed E-state index contributed by atoms with van der Waals surface area (Å²) in [5.74, 6) is -0.570. The molecule has 238 valence electrons. The van der Waals surface area contributed by atoms with E-state index in [0.29, 0.717) is 45.2 Å². The van der Waals surface area contributed by atoms with Crippen LogP contribution in [-0.4, -0.2) is 33.9 Å². The molecular weight excluding hydrogens is 588 g/mol. The Bertz CT molecular complexity index is 1970. The minimum atomic E-state index is -0.556. The Balaban J connectivity index is 0.923. The van der Waals surface area contributed by atoms with E-state index in [2.05, 4.69) is 20.6 Å². The topological polar surface area (TPSA) is 200 Å². The molecule has 2 aromatic carbocycles. The van der Waals surface area contributed by atoms with Crippen molar-refractivity contribution < 1.29 is 18.4 Å². The van der Waals surface area contributed by atoms with Crippen LogP contribution in [0.1, 0.15) is 68.9 Å². The fourth-order valence-corrected chi connectivity index (χ4v) is 6.77. The highest BCUT2D eigenvalue weighted by atomic mass is 16.4. The van der Waals surface area contributed by atoms with Crippen molar-refractivity contribution in [2.24, 2.45) is 17.6 Å². The molecule has 46 heavy (non-hydrogen) atoms. The number of oxazole rings is 2. The lowest BCUT2D eigenvalue weighted by molar-refractivity contribution is -0.119.